The van der Waals surface area contributed by atoms with E-state index in [0.717, 1.165) is 13.0 Å². The third kappa shape index (κ3) is 4.95. The maximum absolute atomic E-state index is 2.46. The van der Waals surface area contributed by atoms with Crippen molar-refractivity contribution >= 4 is 44.3 Å². The van der Waals surface area contributed by atoms with Crippen LogP contribution in [0.3, 0.4) is 0 Å². The Morgan fingerprint density at radius 3 is 1.89 bits per heavy atom. The van der Waals surface area contributed by atoms with Crippen LogP contribution in [0.5, 0.6) is 0 Å². The third-order valence-corrected chi connectivity index (χ3v) is 7.71. The summed E-state index contributed by atoms with van der Waals surface area (Å²) >= 11 is 0. The Kier molecular flexibility index (Phi) is 6.47. The zero-order valence-electron chi connectivity index (χ0n) is 22.4. The molecule has 1 atom stereocenters. The van der Waals surface area contributed by atoms with Gasteiger partial charge in [-0.15, -0.1) is 0 Å². The van der Waals surface area contributed by atoms with Gasteiger partial charge in [-0.25, -0.2) is 0 Å². The lowest BCUT2D eigenvalue weighted by Gasteiger charge is -2.30. The summed E-state index contributed by atoms with van der Waals surface area (Å²) in [5.41, 5.74) is 7.45. The van der Waals surface area contributed by atoms with Crippen molar-refractivity contribution in [2.24, 2.45) is 5.92 Å². The average Bonchev–Trinajstić information content (AvgIpc) is 2.95. The minimum Gasteiger partial charge on any atom is -0.345 e. The lowest BCUT2D eigenvalue weighted by molar-refractivity contribution is 0.652. The summed E-state index contributed by atoms with van der Waals surface area (Å²) in [5.74, 6) is 0.498. The SMILES string of the molecule is CC1=CC(CN(c2ccc(C)cc2)c2ccc(N(C)c3ccc4cc5ccccc5cc4c3)cc2)CC=C1. The molecule has 1 unspecified atom stereocenters. The van der Waals surface area contributed by atoms with Crippen LogP contribution in [0.25, 0.3) is 21.5 Å². The fourth-order valence-corrected chi connectivity index (χ4v) is 5.51. The van der Waals surface area contributed by atoms with Gasteiger partial charge in [0.05, 0.1) is 0 Å². The second-order valence-corrected chi connectivity index (χ2v) is 10.6. The highest BCUT2D eigenvalue weighted by atomic mass is 15.1. The van der Waals surface area contributed by atoms with E-state index in [1.807, 2.05) is 0 Å². The summed E-state index contributed by atoms with van der Waals surface area (Å²) in [4.78, 5) is 4.73. The van der Waals surface area contributed by atoms with Gasteiger partial charge in [0, 0.05) is 36.3 Å². The molecule has 0 fully saturated rings. The first-order valence-electron chi connectivity index (χ1n) is 13.5. The van der Waals surface area contributed by atoms with Crippen LogP contribution < -0.4 is 9.80 Å². The van der Waals surface area contributed by atoms with Crippen molar-refractivity contribution in [3.63, 3.8) is 0 Å². The molecule has 188 valence electrons. The van der Waals surface area contributed by atoms with Gasteiger partial charge in [0.15, 0.2) is 0 Å². The van der Waals surface area contributed by atoms with E-state index in [4.69, 9.17) is 0 Å². The number of aryl methyl sites for hydroxylation is 1. The van der Waals surface area contributed by atoms with Crippen LogP contribution in [0, 0.1) is 12.8 Å². The second-order valence-electron chi connectivity index (χ2n) is 10.6. The third-order valence-electron chi connectivity index (χ3n) is 7.71. The lowest BCUT2D eigenvalue weighted by atomic mass is 9.96. The molecule has 0 saturated carbocycles. The number of nitrogens with zero attached hydrogens (tertiary/aromatic N) is 2. The predicted molar refractivity (Wildman–Crippen MR) is 165 cm³/mol. The molecule has 0 aromatic heterocycles. The first kappa shape index (κ1) is 24.1. The number of fused-ring (bicyclic) bond motifs is 2. The molecule has 0 bridgehead atoms. The second kappa shape index (κ2) is 10.2. The van der Waals surface area contributed by atoms with E-state index in [9.17, 15) is 0 Å². The van der Waals surface area contributed by atoms with Gasteiger partial charge >= 0.3 is 0 Å². The molecule has 0 amide bonds. The zero-order valence-corrected chi connectivity index (χ0v) is 22.4. The fourth-order valence-electron chi connectivity index (χ4n) is 5.51. The largest absolute Gasteiger partial charge is 0.345 e. The molecule has 6 rings (SSSR count). The van der Waals surface area contributed by atoms with E-state index in [0.29, 0.717) is 5.92 Å². The molecule has 0 radical (unpaired) electrons. The van der Waals surface area contributed by atoms with Gasteiger partial charge in [0.1, 0.15) is 0 Å². The standard InChI is InChI=1S/C36H34N2/c1-26-11-14-34(15-12-26)38(25-28-8-6-7-27(2)21-28)35-19-17-33(18-20-35)37(3)36-16-13-31-22-29-9-4-5-10-30(29)23-32(31)24-36/h4-7,9-24,28H,8,25H2,1-3H3. The van der Waals surface area contributed by atoms with Gasteiger partial charge in [-0.2, -0.15) is 0 Å². The summed E-state index contributed by atoms with van der Waals surface area (Å²) in [7, 11) is 2.15. The van der Waals surface area contributed by atoms with Gasteiger partial charge < -0.3 is 9.80 Å². The van der Waals surface area contributed by atoms with E-state index in [-0.39, 0.29) is 0 Å². The molecule has 0 saturated heterocycles. The number of hydrogen-bond acceptors (Lipinski definition) is 2. The molecule has 5 aromatic carbocycles. The molecule has 0 heterocycles. The van der Waals surface area contributed by atoms with E-state index in [1.54, 1.807) is 0 Å². The summed E-state index contributed by atoms with van der Waals surface area (Å²) < 4.78 is 0. The highest BCUT2D eigenvalue weighted by molar-refractivity contribution is 5.99. The smallest absolute Gasteiger partial charge is 0.0414 e. The minimum absolute atomic E-state index is 0.498. The normalized spacial score (nSPS) is 15.0. The lowest BCUT2D eigenvalue weighted by Crippen LogP contribution is -2.25. The average molecular weight is 495 g/mol. The Hall–Kier alpha value is -4.30. The van der Waals surface area contributed by atoms with Gasteiger partial charge in [-0.05, 0) is 108 Å². The molecular formula is C36H34N2. The minimum atomic E-state index is 0.498. The number of hydrogen-bond donors (Lipinski definition) is 0. The summed E-state index contributed by atoms with van der Waals surface area (Å²) in [6.45, 7) is 5.30. The monoisotopic (exact) mass is 494 g/mol. The van der Waals surface area contributed by atoms with Crippen LogP contribution >= 0.6 is 0 Å². The van der Waals surface area contributed by atoms with E-state index in [1.165, 1.54) is 55.4 Å². The van der Waals surface area contributed by atoms with Crippen molar-refractivity contribution < 1.29 is 0 Å². The topological polar surface area (TPSA) is 6.48 Å². The Labute approximate surface area is 226 Å². The highest BCUT2D eigenvalue weighted by Crippen LogP contribution is 2.33. The van der Waals surface area contributed by atoms with E-state index < -0.39 is 0 Å². The number of rotatable bonds is 6. The van der Waals surface area contributed by atoms with Crippen molar-refractivity contribution in [1.29, 1.82) is 0 Å². The molecule has 0 aliphatic heterocycles. The molecule has 5 aromatic rings. The zero-order chi connectivity index (χ0) is 26.1. The Morgan fingerprint density at radius 2 is 1.21 bits per heavy atom. The Bertz CT molecular complexity index is 1640. The van der Waals surface area contributed by atoms with Gasteiger partial charge in [-0.1, -0.05) is 71.8 Å². The molecule has 0 spiro atoms. The molecule has 0 N–H and O–H groups in total. The predicted octanol–water partition coefficient (Wildman–Crippen LogP) is 9.73. The summed E-state index contributed by atoms with van der Waals surface area (Å²) in [5, 5.41) is 5.09. The highest BCUT2D eigenvalue weighted by Gasteiger charge is 2.17. The molecule has 2 nitrogen and oxygen atoms in total. The fraction of sp³-hybridized carbons (Fsp3) is 0.167. The van der Waals surface area contributed by atoms with Crippen LogP contribution in [-0.4, -0.2) is 13.6 Å². The maximum atomic E-state index is 2.46. The van der Waals surface area contributed by atoms with Crippen molar-refractivity contribution in [3.05, 3.63) is 132 Å². The van der Waals surface area contributed by atoms with E-state index in [2.05, 4.69) is 152 Å². The Morgan fingerprint density at radius 1 is 0.632 bits per heavy atom. The van der Waals surface area contributed by atoms with Crippen LogP contribution in [0.15, 0.2) is 127 Å². The number of allylic oxidation sites excluding steroid dienone is 3. The van der Waals surface area contributed by atoms with Crippen LogP contribution in [0.2, 0.25) is 0 Å². The first-order chi connectivity index (χ1) is 18.5. The molecule has 1 aliphatic rings. The number of benzene rings is 5. The van der Waals surface area contributed by atoms with Crippen molar-refractivity contribution in [2.75, 3.05) is 23.4 Å². The quantitative estimate of drug-likeness (QED) is 0.217. The van der Waals surface area contributed by atoms with Crippen molar-refractivity contribution in [2.45, 2.75) is 20.3 Å². The first-order valence-corrected chi connectivity index (χ1v) is 13.5. The molecule has 38 heavy (non-hydrogen) atoms. The summed E-state index contributed by atoms with van der Waals surface area (Å²) in [6.07, 6.45) is 8.02. The van der Waals surface area contributed by atoms with Crippen LogP contribution in [-0.2, 0) is 0 Å². The molecular weight excluding hydrogens is 460 g/mol. The van der Waals surface area contributed by atoms with Gasteiger partial charge in [-0.3, -0.25) is 0 Å². The molecule has 2 heteroatoms. The summed E-state index contributed by atoms with van der Waals surface area (Å²) in [6, 6.07) is 37.8. The van der Waals surface area contributed by atoms with Crippen LogP contribution in [0.1, 0.15) is 18.9 Å². The van der Waals surface area contributed by atoms with Crippen molar-refractivity contribution in [3.8, 4) is 0 Å². The maximum Gasteiger partial charge on any atom is 0.0414 e. The van der Waals surface area contributed by atoms with Gasteiger partial charge in [0.25, 0.3) is 0 Å². The van der Waals surface area contributed by atoms with Gasteiger partial charge in [0.2, 0.25) is 0 Å². The Balaban J connectivity index is 1.29. The van der Waals surface area contributed by atoms with Crippen molar-refractivity contribution in [1.82, 2.24) is 0 Å². The molecule has 1 aliphatic carbocycles. The van der Waals surface area contributed by atoms with Crippen LogP contribution in [0.4, 0.5) is 22.7 Å². The number of anilines is 4. The van der Waals surface area contributed by atoms with E-state index >= 15 is 0 Å².